The van der Waals surface area contributed by atoms with Crippen LogP contribution in [0.2, 0.25) is 0 Å². The van der Waals surface area contributed by atoms with Crippen molar-refractivity contribution in [3.8, 4) is 0 Å². The average Bonchev–Trinajstić information content (AvgIpc) is 2.54. The van der Waals surface area contributed by atoms with Crippen molar-refractivity contribution in [1.29, 1.82) is 0 Å². The van der Waals surface area contributed by atoms with Crippen LogP contribution in [-0.2, 0) is 16.6 Å². The van der Waals surface area contributed by atoms with Gasteiger partial charge in [0.25, 0.3) is 10.2 Å². The van der Waals surface area contributed by atoms with Crippen molar-refractivity contribution < 1.29 is 8.42 Å². The molecule has 2 rings (SSSR count). The fourth-order valence-corrected chi connectivity index (χ4v) is 4.69. The van der Waals surface area contributed by atoms with E-state index in [-0.39, 0.29) is 6.04 Å². The summed E-state index contributed by atoms with van der Waals surface area (Å²) in [6, 6.07) is 8.15. The number of aryl methyl sites for hydroxylation is 1. The van der Waals surface area contributed by atoms with Gasteiger partial charge in [-0.3, -0.25) is 0 Å². The van der Waals surface area contributed by atoms with E-state index in [1.54, 1.807) is 11.4 Å². The second-order valence-electron chi connectivity index (χ2n) is 6.61. The number of nitrogens with one attached hydrogen (secondary N) is 1. The second kappa shape index (κ2) is 7.75. The Morgan fingerprint density at radius 2 is 1.96 bits per heavy atom. The molecule has 0 aromatic heterocycles. The Morgan fingerprint density at radius 1 is 1.30 bits per heavy atom. The third-order valence-corrected chi connectivity index (χ3v) is 6.25. The molecule has 1 N–H and O–H groups in total. The highest BCUT2D eigenvalue weighted by molar-refractivity contribution is 7.86. The largest absolute Gasteiger partial charge is 0.313 e. The lowest BCUT2D eigenvalue weighted by atomic mass is 10.0. The van der Waals surface area contributed by atoms with E-state index in [0.717, 1.165) is 12.0 Å². The molecule has 0 amide bonds. The maximum atomic E-state index is 13.0. The first-order valence-electron chi connectivity index (χ1n) is 8.39. The van der Waals surface area contributed by atoms with E-state index < -0.39 is 10.2 Å². The van der Waals surface area contributed by atoms with Crippen molar-refractivity contribution in [2.24, 2.45) is 5.92 Å². The lowest BCUT2D eigenvalue weighted by Gasteiger charge is -2.38. The molecule has 1 heterocycles. The second-order valence-corrected chi connectivity index (χ2v) is 8.60. The molecule has 1 fully saturated rings. The minimum absolute atomic E-state index is 0.144. The summed E-state index contributed by atoms with van der Waals surface area (Å²) < 4.78 is 29.0. The molecule has 130 valence electrons. The molecule has 1 aliphatic heterocycles. The smallest absolute Gasteiger partial charge is 0.282 e. The Bertz CT molecular complexity index is 599. The first-order valence-corrected chi connectivity index (χ1v) is 9.78. The molecule has 0 aliphatic carbocycles. The van der Waals surface area contributed by atoms with Gasteiger partial charge in [-0.05, 0) is 23.5 Å². The van der Waals surface area contributed by atoms with E-state index in [4.69, 9.17) is 0 Å². The Balaban J connectivity index is 2.26. The lowest BCUT2D eigenvalue weighted by Crippen LogP contribution is -2.53. The quantitative estimate of drug-likeness (QED) is 0.863. The molecule has 1 atom stereocenters. The Labute approximate surface area is 140 Å². The number of piperazine rings is 1. The van der Waals surface area contributed by atoms with Crippen molar-refractivity contribution in [2.45, 2.75) is 33.2 Å². The fourth-order valence-electron chi connectivity index (χ4n) is 3.01. The molecular weight excluding hydrogens is 310 g/mol. The number of benzene rings is 1. The summed E-state index contributed by atoms with van der Waals surface area (Å²) >= 11 is 0. The molecule has 23 heavy (non-hydrogen) atoms. The molecule has 1 aliphatic rings. The van der Waals surface area contributed by atoms with Crippen LogP contribution in [0.3, 0.4) is 0 Å². The summed E-state index contributed by atoms with van der Waals surface area (Å²) in [5, 5.41) is 3.32. The molecule has 0 spiro atoms. The molecule has 1 saturated heterocycles. The van der Waals surface area contributed by atoms with Gasteiger partial charge in [-0.25, -0.2) is 0 Å². The van der Waals surface area contributed by atoms with Crippen LogP contribution in [0.1, 0.15) is 37.9 Å². The third-order valence-electron chi connectivity index (χ3n) is 4.28. The fraction of sp³-hybridized carbons (Fsp3) is 0.647. The summed E-state index contributed by atoms with van der Waals surface area (Å²) in [5.41, 5.74) is 2.32. The van der Waals surface area contributed by atoms with Crippen LogP contribution in [0.5, 0.6) is 0 Å². The zero-order valence-corrected chi connectivity index (χ0v) is 15.4. The van der Waals surface area contributed by atoms with E-state index in [9.17, 15) is 8.42 Å². The Hall–Kier alpha value is -0.950. The van der Waals surface area contributed by atoms with Crippen LogP contribution in [-0.4, -0.2) is 50.3 Å². The summed E-state index contributed by atoms with van der Waals surface area (Å²) in [5.74, 6) is 0.306. The summed E-state index contributed by atoms with van der Waals surface area (Å²) in [7, 11) is -1.77. The van der Waals surface area contributed by atoms with E-state index in [1.165, 1.54) is 9.87 Å². The maximum absolute atomic E-state index is 13.0. The molecule has 1 unspecified atom stereocenters. The highest BCUT2D eigenvalue weighted by atomic mass is 32.2. The first-order chi connectivity index (χ1) is 10.9. The molecule has 6 heteroatoms. The van der Waals surface area contributed by atoms with E-state index >= 15 is 0 Å². The monoisotopic (exact) mass is 339 g/mol. The lowest BCUT2D eigenvalue weighted by molar-refractivity contribution is 0.249. The van der Waals surface area contributed by atoms with Crippen molar-refractivity contribution in [3.63, 3.8) is 0 Å². The van der Waals surface area contributed by atoms with Crippen LogP contribution in [0.25, 0.3) is 0 Å². The normalized spacial score (nSPS) is 20.3. The average molecular weight is 340 g/mol. The zero-order valence-electron chi connectivity index (χ0n) is 14.6. The summed E-state index contributed by atoms with van der Waals surface area (Å²) in [6.45, 7) is 8.57. The van der Waals surface area contributed by atoms with Gasteiger partial charge in [0, 0.05) is 33.2 Å². The first kappa shape index (κ1) is 18.4. The van der Waals surface area contributed by atoms with E-state index in [0.29, 0.717) is 32.1 Å². The highest BCUT2D eigenvalue weighted by Crippen LogP contribution is 2.27. The van der Waals surface area contributed by atoms with Crippen molar-refractivity contribution >= 4 is 10.2 Å². The summed E-state index contributed by atoms with van der Waals surface area (Å²) in [4.78, 5) is 0. The Kier molecular flexibility index (Phi) is 6.19. The molecule has 0 saturated carbocycles. The van der Waals surface area contributed by atoms with Gasteiger partial charge in [0.1, 0.15) is 0 Å². The number of hydrogen-bond donors (Lipinski definition) is 1. The summed E-state index contributed by atoms with van der Waals surface area (Å²) in [6.07, 6.45) is 0.988. The van der Waals surface area contributed by atoms with E-state index in [1.807, 2.05) is 13.8 Å². The van der Waals surface area contributed by atoms with Crippen LogP contribution >= 0.6 is 0 Å². The topological polar surface area (TPSA) is 52.7 Å². The minimum Gasteiger partial charge on any atom is -0.313 e. The number of nitrogens with zero attached hydrogens (tertiary/aromatic N) is 2. The molecule has 0 bridgehead atoms. The highest BCUT2D eigenvalue weighted by Gasteiger charge is 2.35. The van der Waals surface area contributed by atoms with Crippen LogP contribution in [0.4, 0.5) is 0 Å². The van der Waals surface area contributed by atoms with Gasteiger partial charge in [-0.15, -0.1) is 0 Å². The van der Waals surface area contributed by atoms with Crippen LogP contribution in [0, 0.1) is 5.92 Å². The van der Waals surface area contributed by atoms with Gasteiger partial charge in [-0.2, -0.15) is 17.0 Å². The molecule has 1 aromatic rings. The van der Waals surface area contributed by atoms with Gasteiger partial charge >= 0.3 is 0 Å². The third kappa shape index (κ3) is 4.32. The number of hydrogen-bond acceptors (Lipinski definition) is 3. The predicted octanol–water partition coefficient (Wildman–Crippen LogP) is 2.03. The van der Waals surface area contributed by atoms with Gasteiger partial charge in [0.2, 0.25) is 0 Å². The SMILES string of the molecule is CCc1ccc(C2CNCCN2S(=O)(=O)N(C)CC(C)C)cc1. The van der Waals surface area contributed by atoms with Crippen molar-refractivity contribution in [1.82, 2.24) is 13.9 Å². The van der Waals surface area contributed by atoms with Crippen LogP contribution < -0.4 is 5.32 Å². The van der Waals surface area contributed by atoms with Crippen molar-refractivity contribution in [3.05, 3.63) is 35.4 Å². The van der Waals surface area contributed by atoms with Gasteiger partial charge in [0.05, 0.1) is 6.04 Å². The van der Waals surface area contributed by atoms with Gasteiger partial charge < -0.3 is 5.32 Å². The van der Waals surface area contributed by atoms with E-state index in [2.05, 4.69) is 36.5 Å². The van der Waals surface area contributed by atoms with Gasteiger partial charge in [-0.1, -0.05) is 45.0 Å². The molecule has 0 radical (unpaired) electrons. The molecular formula is C17H29N3O2S. The van der Waals surface area contributed by atoms with Crippen LogP contribution in [0.15, 0.2) is 24.3 Å². The predicted molar refractivity (Wildman–Crippen MR) is 94.5 cm³/mol. The minimum atomic E-state index is -3.44. The zero-order chi connectivity index (χ0) is 17.0. The Morgan fingerprint density at radius 3 is 2.52 bits per heavy atom. The van der Waals surface area contributed by atoms with Gasteiger partial charge in [0.15, 0.2) is 0 Å². The number of rotatable bonds is 6. The standard InChI is InChI=1S/C17H29N3O2S/c1-5-15-6-8-16(9-7-15)17-12-18-10-11-20(17)23(21,22)19(4)13-14(2)3/h6-9,14,17-18H,5,10-13H2,1-4H3. The maximum Gasteiger partial charge on any atom is 0.282 e. The molecule has 1 aromatic carbocycles. The molecule has 5 nitrogen and oxygen atoms in total. The van der Waals surface area contributed by atoms with Crippen molar-refractivity contribution in [2.75, 3.05) is 33.2 Å².